The van der Waals surface area contributed by atoms with Crippen LogP contribution in [0, 0.1) is 5.82 Å². The summed E-state index contributed by atoms with van der Waals surface area (Å²) in [6.07, 6.45) is -0.749. The van der Waals surface area contributed by atoms with Crippen LogP contribution in [-0.4, -0.2) is 43.9 Å². The van der Waals surface area contributed by atoms with Crippen LogP contribution in [0.25, 0.3) is 0 Å². The van der Waals surface area contributed by atoms with Gasteiger partial charge in [-0.25, -0.2) is 17.6 Å². The zero-order valence-corrected chi connectivity index (χ0v) is 14.6. The van der Waals surface area contributed by atoms with E-state index in [9.17, 15) is 22.4 Å². The topological polar surface area (TPSA) is 89.5 Å². The molecule has 1 heterocycles. The Balaban J connectivity index is 1.94. The van der Waals surface area contributed by atoms with E-state index in [1.54, 1.807) is 0 Å². The molecular weight excluding hydrogens is 393 g/mol. The Morgan fingerprint density at radius 2 is 2.13 bits per heavy atom. The number of hydrogen-bond donors (Lipinski definition) is 1. The Bertz CT molecular complexity index is 737. The Morgan fingerprint density at radius 1 is 1.43 bits per heavy atom. The van der Waals surface area contributed by atoms with E-state index in [2.05, 4.69) is 21.2 Å². The van der Waals surface area contributed by atoms with E-state index in [1.165, 1.54) is 13.0 Å². The molecule has 0 aromatic heterocycles. The molecule has 2 rings (SSSR count). The highest BCUT2D eigenvalue weighted by Crippen LogP contribution is 2.19. The smallest absolute Gasteiger partial charge is 0.340 e. The van der Waals surface area contributed by atoms with Crippen LogP contribution in [0.4, 0.5) is 4.39 Å². The minimum absolute atomic E-state index is 0.0364. The lowest BCUT2D eigenvalue weighted by Crippen LogP contribution is -2.42. The molecule has 9 heteroatoms. The summed E-state index contributed by atoms with van der Waals surface area (Å²) >= 11 is 3.05. The summed E-state index contributed by atoms with van der Waals surface area (Å²) in [6, 6.07) is 3.00. The van der Waals surface area contributed by atoms with Gasteiger partial charge in [0.25, 0.3) is 5.91 Å². The van der Waals surface area contributed by atoms with Gasteiger partial charge in [0.05, 0.1) is 17.1 Å². The van der Waals surface area contributed by atoms with Gasteiger partial charge in [0.1, 0.15) is 5.82 Å². The van der Waals surface area contributed by atoms with Gasteiger partial charge < -0.3 is 10.1 Å². The summed E-state index contributed by atoms with van der Waals surface area (Å²) in [5.74, 6) is -1.93. The number of sulfone groups is 1. The van der Waals surface area contributed by atoms with E-state index >= 15 is 0 Å². The maximum atomic E-state index is 13.0. The third kappa shape index (κ3) is 4.74. The van der Waals surface area contributed by atoms with Crippen molar-refractivity contribution in [1.82, 2.24) is 5.32 Å². The summed E-state index contributed by atoms with van der Waals surface area (Å²) in [6.45, 7) is 1.38. The van der Waals surface area contributed by atoms with Gasteiger partial charge in [-0.05, 0) is 47.5 Å². The summed E-state index contributed by atoms with van der Waals surface area (Å²) in [4.78, 5) is 23.9. The number of hydrogen-bond acceptors (Lipinski definition) is 5. The van der Waals surface area contributed by atoms with Crippen molar-refractivity contribution in [2.24, 2.45) is 0 Å². The van der Waals surface area contributed by atoms with Gasteiger partial charge in [0, 0.05) is 10.5 Å². The largest absolute Gasteiger partial charge is 0.449 e. The van der Waals surface area contributed by atoms with Crippen LogP contribution in [0.2, 0.25) is 0 Å². The van der Waals surface area contributed by atoms with Gasteiger partial charge in [-0.2, -0.15) is 0 Å². The second-order valence-electron chi connectivity index (χ2n) is 5.28. The van der Waals surface area contributed by atoms with Crippen LogP contribution < -0.4 is 5.32 Å². The van der Waals surface area contributed by atoms with Crippen molar-refractivity contribution >= 4 is 37.6 Å². The fourth-order valence-electron chi connectivity index (χ4n) is 2.16. The zero-order valence-electron chi connectivity index (χ0n) is 12.2. The molecule has 1 N–H and O–H groups in total. The molecule has 1 aliphatic rings. The second-order valence-corrected chi connectivity index (χ2v) is 8.36. The maximum Gasteiger partial charge on any atom is 0.340 e. The predicted octanol–water partition coefficient (Wildman–Crippen LogP) is 1.44. The number of rotatable bonds is 4. The molecule has 1 fully saturated rings. The normalized spacial score (nSPS) is 20.7. The SMILES string of the molecule is C[C@H](OC(=O)c1ccc(F)cc1Br)C(=O)N[C@@H]1CCS(=O)(=O)C1. The molecule has 0 unspecified atom stereocenters. The van der Waals surface area contributed by atoms with Crippen molar-refractivity contribution in [2.45, 2.75) is 25.5 Å². The van der Waals surface area contributed by atoms with Crippen LogP contribution in [0.5, 0.6) is 0 Å². The highest BCUT2D eigenvalue weighted by Gasteiger charge is 2.31. The average molecular weight is 408 g/mol. The van der Waals surface area contributed by atoms with Gasteiger partial charge in [-0.15, -0.1) is 0 Å². The average Bonchev–Trinajstić information content (AvgIpc) is 2.77. The Hall–Kier alpha value is -1.48. The number of amides is 1. The van der Waals surface area contributed by atoms with Crippen molar-refractivity contribution in [1.29, 1.82) is 0 Å². The third-order valence-electron chi connectivity index (χ3n) is 3.38. The lowest BCUT2D eigenvalue weighted by Gasteiger charge is -2.16. The van der Waals surface area contributed by atoms with E-state index in [-0.39, 0.29) is 21.5 Å². The first-order valence-corrected chi connectivity index (χ1v) is 9.46. The lowest BCUT2D eigenvalue weighted by molar-refractivity contribution is -0.129. The molecule has 23 heavy (non-hydrogen) atoms. The number of carbonyl (C=O) groups is 2. The number of carbonyl (C=O) groups excluding carboxylic acids is 2. The van der Waals surface area contributed by atoms with E-state index in [1.807, 2.05) is 0 Å². The quantitative estimate of drug-likeness (QED) is 0.762. The molecule has 0 bridgehead atoms. The molecule has 0 saturated carbocycles. The van der Waals surface area contributed by atoms with E-state index < -0.39 is 39.7 Å². The molecule has 0 spiro atoms. The van der Waals surface area contributed by atoms with E-state index in [4.69, 9.17) is 4.74 Å². The van der Waals surface area contributed by atoms with Crippen LogP contribution >= 0.6 is 15.9 Å². The fourth-order valence-corrected chi connectivity index (χ4v) is 4.35. The molecular formula is C14H15BrFNO5S. The molecule has 1 aromatic rings. The Labute approximate surface area is 141 Å². The van der Waals surface area contributed by atoms with Crippen LogP contribution in [0.3, 0.4) is 0 Å². The fraction of sp³-hybridized carbons (Fsp3) is 0.429. The minimum atomic E-state index is -3.11. The Kier molecular flexibility index (Phi) is 5.41. The highest BCUT2D eigenvalue weighted by atomic mass is 79.9. The lowest BCUT2D eigenvalue weighted by atomic mass is 10.2. The first-order valence-electron chi connectivity index (χ1n) is 6.85. The van der Waals surface area contributed by atoms with Crippen molar-refractivity contribution < 1.29 is 27.1 Å². The van der Waals surface area contributed by atoms with E-state index in [0.29, 0.717) is 6.42 Å². The minimum Gasteiger partial charge on any atom is -0.449 e. The molecule has 2 atom stereocenters. The standard InChI is InChI=1S/C14H15BrFNO5S/c1-8(13(18)17-10-4-5-23(20,21)7-10)22-14(19)11-3-2-9(16)6-12(11)15/h2-3,6,8,10H,4-5,7H2,1H3,(H,17,18)/t8-,10+/m0/s1. The molecule has 126 valence electrons. The monoisotopic (exact) mass is 407 g/mol. The van der Waals surface area contributed by atoms with Crippen LogP contribution in [0.15, 0.2) is 22.7 Å². The van der Waals surface area contributed by atoms with Gasteiger partial charge in [-0.3, -0.25) is 4.79 Å². The Morgan fingerprint density at radius 3 is 2.70 bits per heavy atom. The highest BCUT2D eigenvalue weighted by molar-refractivity contribution is 9.10. The summed E-state index contributed by atoms with van der Waals surface area (Å²) in [5, 5.41) is 2.55. The first kappa shape index (κ1) is 17.9. The molecule has 1 saturated heterocycles. The van der Waals surface area contributed by atoms with Crippen molar-refractivity contribution in [3.8, 4) is 0 Å². The van der Waals surface area contributed by atoms with Gasteiger partial charge >= 0.3 is 5.97 Å². The first-order chi connectivity index (χ1) is 10.7. The second kappa shape index (κ2) is 6.96. The van der Waals surface area contributed by atoms with Crippen molar-refractivity contribution in [3.05, 3.63) is 34.1 Å². The summed E-state index contributed by atoms with van der Waals surface area (Å²) in [5.41, 5.74) is 0.0921. The predicted molar refractivity (Wildman–Crippen MR) is 84.2 cm³/mol. The zero-order chi connectivity index (χ0) is 17.2. The molecule has 1 aromatic carbocycles. The van der Waals surface area contributed by atoms with Gasteiger partial charge in [-0.1, -0.05) is 0 Å². The molecule has 1 aliphatic heterocycles. The van der Waals surface area contributed by atoms with Gasteiger partial charge in [0.15, 0.2) is 15.9 Å². The van der Waals surface area contributed by atoms with Gasteiger partial charge in [0.2, 0.25) is 0 Å². The third-order valence-corrected chi connectivity index (χ3v) is 5.81. The number of esters is 1. The number of ether oxygens (including phenoxy) is 1. The van der Waals surface area contributed by atoms with Crippen LogP contribution in [0.1, 0.15) is 23.7 Å². The molecule has 0 radical (unpaired) electrons. The van der Waals surface area contributed by atoms with Crippen molar-refractivity contribution in [2.75, 3.05) is 11.5 Å². The number of nitrogens with one attached hydrogen (secondary N) is 1. The molecule has 6 nitrogen and oxygen atoms in total. The van der Waals surface area contributed by atoms with E-state index in [0.717, 1.165) is 12.1 Å². The maximum absolute atomic E-state index is 13.0. The number of benzene rings is 1. The summed E-state index contributed by atoms with van der Waals surface area (Å²) in [7, 11) is -3.11. The van der Waals surface area contributed by atoms with Crippen LogP contribution in [-0.2, 0) is 19.4 Å². The summed E-state index contributed by atoms with van der Waals surface area (Å²) < 4.78 is 40.9. The molecule has 1 amide bonds. The molecule has 0 aliphatic carbocycles. The number of halogens is 2. The van der Waals surface area contributed by atoms with Crippen molar-refractivity contribution in [3.63, 3.8) is 0 Å².